The van der Waals surface area contributed by atoms with Crippen LogP contribution in [-0.4, -0.2) is 14.5 Å². The molecule has 0 aliphatic heterocycles. The van der Waals surface area contributed by atoms with Gasteiger partial charge in [-0.3, -0.25) is 9.36 Å². The molecule has 0 saturated carbocycles. The largest absolute Gasteiger partial charge is 0.349 e. The molecule has 0 aliphatic rings. The van der Waals surface area contributed by atoms with Crippen molar-refractivity contribution in [1.82, 2.24) is 14.5 Å². The molecule has 17 heavy (non-hydrogen) atoms. The Balaban J connectivity index is 2.95. The van der Waals surface area contributed by atoms with Crippen LogP contribution >= 0.6 is 0 Å². The maximum atomic E-state index is 13.1. The van der Waals surface area contributed by atoms with Gasteiger partial charge < -0.3 is 4.98 Å². The molecular weight excluding hydrogens is 232 g/mol. The molecule has 7 heteroatoms. The monoisotopic (exact) mass is 241 g/mol. The zero-order valence-corrected chi connectivity index (χ0v) is 9.12. The summed E-state index contributed by atoms with van der Waals surface area (Å²) in [6.45, 7) is 3.42. The molecule has 0 unspecified atom stereocenters. The number of hydrogen-bond donors (Lipinski definition) is 1. The molecule has 5 nitrogen and oxygen atoms in total. The summed E-state index contributed by atoms with van der Waals surface area (Å²) in [5, 5.41) is -0.155. The number of rotatable bonds is 1. The smallest absolute Gasteiger partial charge is 0.313 e. The fourth-order valence-corrected chi connectivity index (χ4v) is 1.48. The summed E-state index contributed by atoms with van der Waals surface area (Å²) >= 11 is 0. The maximum absolute atomic E-state index is 13.1. The SMILES string of the molecule is CC(C)n1cc2c(=O)c(F)c(F)[nH]c2nc1=O. The van der Waals surface area contributed by atoms with E-state index in [0.29, 0.717) is 0 Å². The summed E-state index contributed by atoms with van der Waals surface area (Å²) in [5.74, 6) is -2.93. The second kappa shape index (κ2) is 3.76. The number of pyridine rings is 1. The molecule has 2 aromatic rings. The number of fused-ring (bicyclic) bond motifs is 1. The Morgan fingerprint density at radius 1 is 1.35 bits per heavy atom. The number of aromatic nitrogens is 3. The molecule has 0 aliphatic carbocycles. The van der Waals surface area contributed by atoms with Crippen LogP contribution in [0.2, 0.25) is 0 Å². The van der Waals surface area contributed by atoms with Gasteiger partial charge >= 0.3 is 5.69 Å². The van der Waals surface area contributed by atoms with Crippen molar-refractivity contribution >= 4 is 11.0 Å². The first kappa shape index (κ1) is 11.4. The van der Waals surface area contributed by atoms with Crippen LogP contribution in [0.15, 0.2) is 15.8 Å². The minimum absolute atomic E-state index is 0.155. The molecule has 0 amide bonds. The standard InChI is InChI=1S/C10H9F2N3O2/c1-4(2)15-3-5-7(16)6(11)8(12)13-9(5)14-10(15)17/h3-4H,1-2H3,(H,13,14,17). The second-order valence-corrected chi connectivity index (χ2v) is 3.87. The van der Waals surface area contributed by atoms with Crippen molar-refractivity contribution in [3.8, 4) is 0 Å². The van der Waals surface area contributed by atoms with Crippen molar-refractivity contribution in [3.05, 3.63) is 38.7 Å². The Morgan fingerprint density at radius 3 is 2.59 bits per heavy atom. The zero-order chi connectivity index (χ0) is 12.7. The number of H-pyrrole nitrogens is 1. The number of halogens is 2. The third-order valence-corrected chi connectivity index (χ3v) is 2.37. The Labute approximate surface area is 93.7 Å². The topological polar surface area (TPSA) is 67.8 Å². The van der Waals surface area contributed by atoms with Gasteiger partial charge in [0.15, 0.2) is 5.65 Å². The zero-order valence-electron chi connectivity index (χ0n) is 9.12. The predicted octanol–water partition coefficient (Wildman–Crippen LogP) is 0.944. The van der Waals surface area contributed by atoms with Crippen LogP contribution in [0, 0.1) is 11.8 Å². The van der Waals surface area contributed by atoms with Crippen LogP contribution in [0.5, 0.6) is 0 Å². The number of nitrogens with one attached hydrogen (secondary N) is 1. The van der Waals surface area contributed by atoms with E-state index in [2.05, 4.69) is 4.98 Å². The Morgan fingerprint density at radius 2 is 2.00 bits per heavy atom. The van der Waals surface area contributed by atoms with Crippen LogP contribution in [0.4, 0.5) is 8.78 Å². The Hall–Kier alpha value is -2.05. The molecule has 0 atom stereocenters. The number of aromatic amines is 1. The lowest BCUT2D eigenvalue weighted by Gasteiger charge is -2.09. The van der Waals surface area contributed by atoms with Crippen molar-refractivity contribution in [1.29, 1.82) is 0 Å². The highest BCUT2D eigenvalue weighted by Gasteiger charge is 2.14. The van der Waals surface area contributed by atoms with Gasteiger partial charge in [0, 0.05) is 12.2 Å². The van der Waals surface area contributed by atoms with Crippen molar-refractivity contribution in [3.63, 3.8) is 0 Å². The van der Waals surface area contributed by atoms with E-state index in [4.69, 9.17) is 0 Å². The fraction of sp³-hybridized carbons (Fsp3) is 0.300. The van der Waals surface area contributed by atoms with Gasteiger partial charge in [-0.15, -0.1) is 0 Å². The fourth-order valence-electron chi connectivity index (χ4n) is 1.48. The summed E-state index contributed by atoms with van der Waals surface area (Å²) in [6, 6.07) is -0.230. The molecule has 0 aromatic carbocycles. The molecule has 0 bridgehead atoms. The highest BCUT2D eigenvalue weighted by atomic mass is 19.2. The van der Waals surface area contributed by atoms with E-state index in [9.17, 15) is 18.4 Å². The predicted molar refractivity (Wildman–Crippen MR) is 56.9 cm³/mol. The van der Waals surface area contributed by atoms with Gasteiger partial charge in [0.25, 0.3) is 0 Å². The van der Waals surface area contributed by atoms with Gasteiger partial charge in [0.05, 0.1) is 5.39 Å². The van der Waals surface area contributed by atoms with E-state index >= 15 is 0 Å². The van der Waals surface area contributed by atoms with Crippen molar-refractivity contribution in [2.24, 2.45) is 0 Å². The third kappa shape index (κ3) is 1.73. The quantitative estimate of drug-likeness (QED) is 0.755. The van der Waals surface area contributed by atoms with Crippen molar-refractivity contribution < 1.29 is 8.78 Å². The first-order valence-electron chi connectivity index (χ1n) is 4.92. The van der Waals surface area contributed by atoms with Gasteiger partial charge in [-0.2, -0.15) is 13.8 Å². The molecule has 1 N–H and O–H groups in total. The van der Waals surface area contributed by atoms with Crippen LogP contribution in [-0.2, 0) is 0 Å². The van der Waals surface area contributed by atoms with E-state index in [1.54, 1.807) is 13.8 Å². The minimum atomic E-state index is -1.51. The van der Waals surface area contributed by atoms with E-state index < -0.39 is 22.9 Å². The molecular formula is C10H9F2N3O2. The van der Waals surface area contributed by atoms with Gasteiger partial charge in [-0.25, -0.2) is 4.79 Å². The van der Waals surface area contributed by atoms with Crippen LogP contribution in [0.3, 0.4) is 0 Å². The average Bonchev–Trinajstić information content (AvgIpc) is 2.25. The molecule has 90 valence electrons. The minimum Gasteiger partial charge on any atom is -0.313 e. The van der Waals surface area contributed by atoms with Gasteiger partial charge in [-0.1, -0.05) is 0 Å². The van der Waals surface area contributed by atoms with Gasteiger partial charge in [0.1, 0.15) is 0 Å². The van der Waals surface area contributed by atoms with E-state index in [1.807, 2.05) is 4.98 Å². The molecule has 0 fully saturated rings. The lowest BCUT2D eigenvalue weighted by Crippen LogP contribution is -2.26. The van der Waals surface area contributed by atoms with Crippen molar-refractivity contribution in [2.45, 2.75) is 19.9 Å². The first-order chi connectivity index (χ1) is 7.91. The molecule has 0 saturated heterocycles. The molecule has 0 spiro atoms. The van der Waals surface area contributed by atoms with Crippen LogP contribution in [0.1, 0.15) is 19.9 Å². The summed E-state index contributed by atoms with van der Waals surface area (Å²) < 4.78 is 27.2. The van der Waals surface area contributed by atoms with Crippen molar-refractivity contribution in [2.75, 3.05) is 0 Å². The van der Waals surface area contributed by atoms with Crippen LogP contribution in [0.25, 0.3) is 11.0 Å². The Kier molecular flexibility index (Phi) is 2.53. The first-order valence-corrected chi connectivity index (χ1v) is 4.92. The lowest BCUT2D eigenvalue weighted by molar-refractivity contribution is 0.476. The number of hydrogen-bond acceptors (Lipinski definition) is 3. The van der Waals surface area contributed by atoms with E-state index in [-0.39, 0.29) is 17.1 Å². The highest BCUT2D eigenvalue weighted by molar-refractivity contribution is 5.72. The Bertz CT molecular complexity index is 703. The highest BCUT2D eigenvalue weighted by Crippen LogP contribution is 2.07. The third-order valence-electron chi connectivity index (χ3n) is 2.37. The van der Waals surface area contributed by atoms with E-state index in [1.165, 1.54) is 10.8 Å². The molecule has 2 heterocycles. The second-order valence-electron chi connectivity index (χ2n) is 3.87. The summed E-state index contributed by atoms with van der Waals surface area (Å²) in [6.07, 6.45) is 1.18. The summed E-state index contributed by atoms with van der Waals surface area (Å²) in [5.41, 5.74) is -2.00. The van der Waals surface area contributed by atoms with Gasteiger partial charge in [-0.05, 0) is 13.8 Å². The number of nitrogens with zero attached hydrogens (tertiary/aromatic N) is 2. The molecule has 2 aromatic heterocycles. The van der Waals surface area contributed by atoms with E-state index in [0.717, 1.165) is 0 Å². The average molecular weight is 241 g/mol. The summed E-state index contributed by atoms with van der Waals surface area (Å²) in [4.78, 5) is 28.4. The lowest BCUT2D eigenvalue weighted by atomic mass is 10.3. The maximum Gasteiger partial charge on any atom is 0.349 e. The summed E-state index contributed by atoms with van der Waals surface area (Å²) in [7, 11) is 0. The van der Waals surface area contributed by atoms with Crippen LogP contribution < -0.4 is 11.1 Å². The normalized spacial score (nSPS) is 11.4. The van der Waals surface area contributed by atoms with Gasteiger partial charge in [0.2, 0.25) is 17.2 Å². The molecule has 0 radical (unpaired) electrons. The molecule has 2 rings (SSSR count).